The summed E-state index contributed by atoms with van der Waals surface area (Å²) in [7, 11) is 0. The maximum atomic E-state index is 13.3. The third-order valence-electron chi connectivity index (χ3n) is 5.24. The zero-order valence-corrected chi connectivity index (χ0v) is 14.4. The quantitative estimate of drug-likeness (QED) is 0.761. The Kier molecular flexibility index (Phi) is 4.34. The number of benzene rings is 2. The summed E-state index contributed by atoms with van der Waals surface area (Å²) in [6, 6.07) is 15.5. The number of H-pyrrole nitrogens is 1. The molecule has 1 aromatic heterocycles. The van der Waals surface area contributed by atoms with E-state index in [1.807, 2.05) is 30.3 Å². The van der Waals surface area contributed by atoms with E-state index in [0.29, 0.717) is 30.3 Å². The summed E-state index contributed by atoms with van der Waals surface area (Å²) >= 11 is 0. The molecule has 2 N–H and O–H groups in total. The average molecular weight is 352 g/mol. The molecule has 2 aromatic carbocycles. The van der Waals surface area contributed by atoms with Crippen molar-refractivity contribution in [2.75, 3.05) is 13.1 Å². The number of rotatable bonds is 3. The van der Waals surface area contributed by atoms with Gasteiger partial charge in [0.25, 0.3) is 0 Å². The van der Waals surface area contributed by atoms with Crippen molar-refractivity contribution in [1.82, 2.24) is 9.88 Å². The van der Waals surface area contributed by atoms with Gasteiger partial charge < -0.3 is 10.1 Å². The van der Waals surface area contributed by atoms with Gasteiger partial charge in [0, 0.05) is 42.3 Å². The number of halogens is 1. The Hall–Kier alpha value is -2.50. The number of hydrogen-bond donors (Lipinski definition) is 2. The van der Waals surface area contributed by atoms with Crippen molar-refractivity contribution in [3.05, 3.63) is 81.9 Å². The number of fused-ring (bicyclic) bond motifs is 1. The molecule has 4 rings (SSSR count). The third-order valence-corrected chi connectivity index (χ3v) is 5.24. The molecule has 0 bridgehead atoms. The molecule has 0 amide bonds. The highest BCUT2D eigenvalue weighted by atomic mass is 19.1. The lowest BCUT2D eigenvalue weighted by molar-refractivity contribution is -0.0279. The van der Waals surface area contributed by atoms with E-state index >= 15 is 0 Å². The fraction of sp³-hybridized carbons (Fsp3) is 0.286. The van der Waals surface area contributed by atoms with Crippen molar-refractivity contribution in [1.29, 1.82) is 0 Å². The molecule has 1 aliphatic rings. The number of nitrogens with one attached hydrogen (secondary N) is 1. The molecule has 134 valence electrons. The second-order valence-corrected chi connectivity index (χ2v) is 7.02. The number of likely N-dealkylation sites (tertiary alicyclic amines) is 1. The fourth-order valence-electron chi connectivity index (χ4n) is 3.72. The van der Waals surface area contributed by atoms with Gasteiger partial charge in [0.05, 0.1) is 5.60 Å². The Bertz CT molecular complexity index is 976. The van der Waals surface area contributed by atoms with Crippen LogP contribution in [0.5, 0.6) is 0 Å². The molecule has 0 saturated carbocycles. The molecule has 3 aromatic rings. The van der Waals surface area contributed by atoms with Crippen LogP contribution in [0.25, 0.3) is 10.9 Å². The average Bonchev–Trinajstić information content (AvgIpc) is 2.65. The first-order valence-corrected chi connectivity index (χ1v) is 8.85. The number of nitrogens with zero attached hydrogens (tertiary/aromatic N) is 1. The summed E-state index contributed by atoms with van der Waals surface area (Å²) in [6.07, 6.45) is 1.31. The van der Waals surface area contributed by atoms with Crippen LogP contribution in [0.2, 0.25) is 0 Å². The molecule has 5 heteroatoms. The smallest absolute Gasteiger partial charge is 0.189 e. The molecule has 1 saturated heterocycles. The van der Waals surface area contributed by atoms with Crippen molar-refractivity contribution in [2.24, 2.45) is 0 Å². The summed E-state index contributed by atoms with van der Waals surface area (Å²) in [6.45, 7) is 2.09. The first kappa shape index (κ1) is 16.9. The van der Waals surface area contributed by atoms with Crippen molar-refractivity contribution >= 4 is 10.9 Å². The van der Waals surface area contributed by atoms with Crippen LogP contribution < -0.4 is 5.43 Å². The highest BCUT2D eigenvalue weighted by Crippen LogP contribution is 2.32. The van der Waals surface area contributed by atoms with E-state index in [-0.39, 0.29) is 5.43 Å². The van der Waals surface area contributed by atoms with Crippen molar-refractivity contribution in [3.8, 4) is 0 Å². The number of hydrogen-bond acceptors (Lipinski definition) is 3. The summed E-state index contributed by atoms with van der Waals surface area (Å²) in [5, 5.41) is 11.3. The van der Waals surface area contributed by atoms with Crippen LogP contribution in [0.1, 0.15) is 24.1 Å². The van der Waals surface area contributed by atoms with Crippen LogP contribution in [-0.4, -0.2) is 28.1 Å². The molecule has 0 atom stereocenters. The molecule has 26 heavy (non-hydrogen) atoms. The topological polar surface area (TPSA) is 56.3 Å². The minimum atomic E-state index is -0.786. The van der Waals surface area contributed by atoms with E-state index < -0.39 is 11.4 Å². The van der Waals surface area contributed by atoms with Crippen LogP contribution in [-0.2, 0) is 12.1 Å². The molecular weight excluding hydrogens is 331 g/mol. The van der Waals surface area contributed by atoms with Crippen LogP contribution in [0.3, 0.4) is 0 Å². The predicted molar refractivity (Wildman–Crippen MR) is 99.4 cm³/mol. The molecule has 1 fully saturated rings. The van der Waals surface area contributed by atoms with E-state index in [2.05, 4.69) is 9.88 Å². The lowest BCUT2D eigenvalue weighted by Crippen LogP contribution is -2.42. The minimum Gasteiger partial charge on any atom is -0.385 e. The van der Waals surface area contributed by atoms with Gasteiger partial charge in [-0.2, -0.15) is 0 Å². The summed E-state index contributed by atoms with van der Waals surface area (Å²) < 4.78 is 13.3. The molecular formula is C21H21FN2O2. The van der Waals surface area contributed by atoms with E-state index in [4.69, 9.17) is 0 Å². The van der Waals surface area contributed by atoms with Gasteiger partial charge in [0.1, 0.15) is 5.82 Å². The van der Waals surface area contributed by atoms with E-state index in [9.17, 15) is 14.3 Å². The van der Waals surface area contributed by atoms with Crippen molar-refractivity contribution < 1.29 is 9.50 Å². The highest BCUT2D eigenvalue weighted by Gasteiger charge is 2.33. The van der Waals surface area contributed by atoms with E-state index in [0.717, 1.165) is 24.3 Å². The maximum absolute atomic E-state index is 13.3. The van der Waals surface area contributed by atoms with Gasteiger partial charge >= 0.3 is 0 Å². The summed E-state index contributed by atoms with van der Waals surface area (Å²) in [4.78, 5) is 17.7. The van der Waals surface area contributed by atoms with Crippen molar-refractivity contribution in [3.63, 3.8) is 0 Å². The van der Waals surface area contributed by atoms with Gasteiger partial charge in [-0.05, 0) is 36.6 Å². The summed E-state index contributed by atoms with van der Waals surface area (Å²) in [5.41, 5.74) is 1.45. The first-order chi connectivity index (χ1) is 12.5. The number of aromatic nitrogens is 1. The molecule has 0 aliphatic carbocycles. The van der Waals surface area contributed by atoms with Gasteiger partial charge in [-0.15, -0.1) is 0 Å². The Labute approximate surface area is 150 Å². The Morgan fingerprint density at radius 2 is 1.81 bits per heavy atom. The molecule has 2 heterocycles. The van der Waals surface area contributed by atoms with Crippen LogP contribution in [0, 0.1) is 5.82 Å². The maximum Gasteiger partial charge on any atom is 0.189 e. The van der Waals surface area contributed by atoms with E-state index in [1.54, 1.807) is 12.1 Å². The molecule has 0 spiro atoms. The monoisotopic (exact) mass is 352 g/mol. The largest absolute Gasteiger partial charge is 0.385 e. The molecule has 0 unspecified atom stereocenters. The molecule has 0 radical (unpaired) electrons. The standard InChI is InChI=1S/C21H21FN2O2/c22-16-6-7-19-18(12-16)20(25)13-17(23-19)14-24-10-8-21(26,9-11-24)15-4-2-1-3-5-15/h1-7,12-13,26H,8-11,14H2,(H,23,25). The van der Waals surface area contributed by atoms with Gasteiger partial charge in [-0.1, -0.05) is 30.3 Å². The second kappa shape index (κ2) is 6.67. The minimum absolute atomic E-state index is 0.175. The third kappa shape index (κ3) is 3.28. The van der Waals surface area contributed by atoms with E-state index in [1.165, 1.54) is 12.1 Å². The van der Waals surface area contributed by atoms with Gasteiger partial charge in [-0.25, -0.2) is 4.39 Å². The molecule has 4 nitrogen and oxygen atoms in total. The van der Waals surface area contributed by atoms with Crippen LogP contribution in [0.15, 0.2) is 59.4 Å². The highest BCUT2D eigenvalue weighted by molar-refractivity contribution is 5.78. The number of piperidine rings is 1. The number of pyridine rings is 1. The lowest BCUT2D eigenvalue weighted by atomic mass is 9.84. The SMILES string of the molecule is O=c1cc(CN2CCC(O)(c3ccccc3)CC2)[nH]c2ccc(F)cc12. The Balaban J connectivity index is 1.49. The molecule has 1 aliphatic heterocycles. The Morgan fingerprint density at radius 1 is 1.08 bits per heavy atom. The van der Waals surface area contributed by atoms with Crippen molar-refractivity contribution in [2.45, 2.75) is 25.0 Å². The van der Waals surface area contributed by atoms with Gasteiger partial charge in [-0.3, -0.25) is 9.69 Å². The predicted octanol–water partition coefficient (Wildman–Crippen LogP) is 3.15. The fourth-order valence-corrected chi connectivity index (χ4v) is 3.72. The Morgan fingerprint density at radius 3 is 2.54 bits per heavy atom. The summed E-state index contributed by atoms with van der Waals surface area (Å²) in [5.74, 6) is -0.410. The zero-order valence-electron chi connectivity index (χ0n) is 14.4. The normalized spacial score (nSPS) is 17.5. The number of aliphatic hydroxyl groups is 1. The van der Waals surface area contributed by atoms with Crippen LogP contribution in [0.4, 0.5) is 4.39 Å². The first-order valence-electron chi connectivity index (χ1n) is 8.85. The zero-order chi connectivity index (χ0) is 18.1. The van der Waals surface area contributed by atoms with Gasteiger partial charge in [0.2, 0.25) is 0 Å². The van der Waals surface area contributed by atoms with Gasteiger partial charge in [0.15, 0.2) is 5.43 Å². The van der Waals surface area contributed by atoms with Crippen LogP contribution >= 0.6 is 0 Å². The second-order valence-electron chi connectivity index (χ2n) is 7.02. The number of aromatic amines is 1. The lowest BCUT2D eigenvalue weighted by Gasteiger charge is -2.38.